The van der Waals surface area contributed by atoms with Gasteiger partial charge in [0.25, 0.3) is 0 Å². The van der Waals surface area contributed by atoms with Crippen LogP contribution >= 0.6 is 0 Å². The summed E-state index contributed by atoms with van der Waals surface area (Å²) in [6, 6.07) is 14.6. The van der Waals surface area contributed by atoms with Crippen LogP contribution in [0, 0.1) is 13.8 Å². The molecule has 0 saturated heterocycles. The normalized spacial score (nSPS) is 11.3. The summed E-state index contributed by atoms with van der Waals surface area (Å²) in [5.74, 6) is 1.11. The van der Waals surface area contributed by atoms with E-state index in [4.69, 9.17) is 0 Å². The van der Waals surface area contributed by atoms with Crippen molar-refractivity contribution in [1.82, 2.24) is 15.2 Å². The van der Waals surface area contributed by atoms with Gasteiger partial charge in [-0.25, -0.2) is 0 Å². The number of aromatic nitrogens is 3. The molecule has 5 nitrogen and oxygen atoms in total. The van der Waals surface area contributed by atoms with E-state index in [9.17, 15) is 0 Å². The van der Waals surface area contributed by atoms with Crippen molar-refractivity contribution in [2.45, 2.75) is 40.0 Å². The van der Waals surface area contributed by atoms with E-state index in [2.05, 4.69) is 103 Å². The van der Waals surface area contributed by atoms with Gasteiger partial charge in [-0.3, -0.25) is 0 Å². The van der Waals surface area contributed by atoms with Crippen LogP contribution in [0.4, 0.5) is 23.1 Å². The number of nitrogens with one attached hydrogen (secondary N) is 2. The van der Waals surface area contributed by atoms with Crippen molar-refractivity contribution in [1.29, 1.82) is 0 Å². The zero-order valence-electron chi connectivity index (χ0n) is 16.0. The topological polar surface area (TPSA) is 62.7 Å². The molecule has 0 aliphatic rings. The molecule has 0 aliphatic carbocycles. The third-order valence-electron chi connectivity index (χ3n) is 4.06. The Morgan fingerprint density at radius 3 is 2.08 bits per heavy atom. The van der Waals surface area contributed by atoms with Crippen LogP contribution in [0.5, 0.6) is 0 Å². The van der Waals surface area contributed by atoms with Gasteiger partial charge in [-0.15, -0.1) is 5.10 Å². The van der Waals surface area contributed by atoms with Crippen LogP contribution in [0.3, 0.4) is 0 Å². The van der Waals surface area contributed by atoms with E-state index >= 15 is 0 Å². The van der Waals surface area contributed by atoms with Crippen molar-refractivity contribution in [3.8, 4) is 0 Å². The number of nitrogens with zero attached hydrogens (tertiary/aromatic N) is 3. The fourth-order valence-corrected chi connectivity index (χ4v) is 2.79. The molecule has 2 N–H and O–H groups in total. The molecule has 0 bridgehead atoms. The molecule has 0 radical (unpaired) electrons. The van der Waals surface area contributed by atoms with E-state index in [0.717, 1.165) is 11.4 Å². The molecule has 3 rings (SSSR count). The standard InChI is InChI=1S/C21H25N5/c1-14-10-15(2)12-18(11-14)24-20-25-19(13-22-26-20)23-17-8-6-16(7-9-17)21(3,4)5/h6-13H,1-5H3,(H2,23,24,25,26). The molecule has 0 saturated carbocycles. The Balaban J connectivity index is 1.75. The molecule has 0 aliphatic heterocycles. The fraction of sp³-hybridized carbons (Fsp3) is 0.286. The summed E-state index contributed by atoms with van der Waals surface area (Å²) < 4.78 is 0. The lowest BCUT2D eigenvalue weighted by molar-refractivity contribution is 0.590. The van der Waals surface area contributed by atoms with E-state index in [1.54, 1.807) is 6.20 Å². The Labute approximate surface area is 154 Å². The highest BCUT2D eigenvalue weighted by atomic mass is 15.3. The van der Waals surface area contributed by atoms with Gasteiger partial charge in [-0.1, -0.05) is 39.0 Å². The molecule has 0 amide bonds. The summed E-state index contributed by atoms with van der Waals surface area (Å²) in [6.45, 7) is 10.7. The summed E-state index contributed by atoms with van der Waals surface area (Å²) in [4.78, 5) is 4.50. The molecule has 2 aromatic carbocycles. The molecule has 0 spiro atoms. The van der Waals surface area contributed by atoms with Crippen molar-refractivity contribution >= 4 is 23.1 Å². The van der Waals surface area contributed by atoms with Gasteiger partial charge >= 0.3 is 0 Å². The maximum Gasteiger partial charge on any atom is 0.249 e. The molecule has 5 heteroatoms. The zero-order chi connectivity index (χ0) is 18.7. The molecule has 1 heterocycles. The average molecular weight is 347 g/mol. The lowest BCUT2D eigenvalue weighted by Crippen LogP contribution is -2.10. The van der Waals surface area contributed by atoms with Crippen LogP contribution in [-0.2, 0) is 5.41 Å². The van der Waals surface area contributed by atoms with Crippen molar-refractivity contribution in [2.24, 2.45) is 0 Å². The summed E-state index contributed by atoms with van der Waals surface area (Å²) in [5, 5.41) is 14.6. The predicted molar refractivity (Wildman–Crippen MR) is 107 cm³/mol. The van der Waals surface area contributed by atoms with Gasteiger partial charge in [0, 0.05) is 11.4 Å². The van der Waals surface area contributed by atoms with Gasteiger partial charge in [-0.2, -0.15) is 10.1 Å². The predicted octanol–water partition coefficient (Wildman–Crippen LogP) is 5.27. The number of rotatable bonds is 4. The van der Waals surface area contributed by atoms with Crippen molar-refractivity contribution < 1.29 is 0 Å². The summed E-state index contributed by atoms with van der Waals surface area (Å²) in [6.07, 6.45) is 1.62. The Hall–Kier alpha value is -2.95. The van der Waals surface area contributed by atoms with Crippen LogP contribution < -0.4 is 10.6 Å². The molecule has 0 fully saturated rings. The SMILES string of the molecule is Cc1cc(C)cc(Nc2nncc(Nc3ccc(C(C)(C)C)cc3)n2)c1. The van der Waals surface area contributed by atoms with Gasteiger partial charge in [0.2, 0.25) is 5.95 Å². The summed E-state index contributed by atoms with van der Waals surface area (Å²) in [5.41, 5.74) is 5.73. The number of benzene rings is 2. The summed E-state index contributed by atoms with van der Waals surface area (Å²) in [7, 11) is 0. The highest BCUT2D eigenvalue weighted by molar-refractivity contribution is 5.60. The van der Waals surface area contributed by atoms with E-state index < -0.39 is 0 Å². The van der Waals surface area contributed by atoms with Crippen molar-refractivity contribution in [3.63, 3.8) is 0 Å². The summed E-state index contributed by atoms with van der Waals surface area (Å²) >= 11 is 0. The fourth-order valence-electron chi connectivity index (χ4n) is 2.79. The van der Waals surface area contributed by atoms with Gasteiger partial charge in [0.05, 0.1) is 6.20 Å². The molecule has 26 heavy (non-hydrogen) atoms. The first-order valence-corrected chi connectivity index (χ1v) is 8.72. The maximum atomic E-state index is 4.50. The molecule has 0 atom stereocenters. The maximum absolute atomic E-state index is 4.50. The van der Waals surface area contributed by atoms with Gasteiger partial charge in [0.15, 0.2) is 5.82 Å². The molecule has 1 aromatic heterocycles. The molecule has 0 unspecified atom stereocenters. The highest BCUT2D eigenvalue weighted by Crippen LogP contribution is 2.24. The minimum atomic E-state index is 0.137. The van der Waals surface area contributed by atoms with Gasteiger partial charge in [0.1, 0.15) is 0 Å². The Kier molecular flexibility index (Phi) is 4.89. The minimum Gasteiger partial charge on any atom is -0.339 e. The second-order valence-corrected chi connectivity index (χ2v) is 7.62. The monoisotopic (exact) mass is 347 g/mol. The highest BCUT2D eigenvalue weighted by Gasteiger charge is 2.13. The van der Waals surface area contributed by atoms with Crippen LogP contribution in [0.15, 0.2) is 48.7 Å². The lowest BCUT2D eigenvalue weighted by Gasteiger charge is -2.19. The Morgan fingerprint density at radius 1 is 0.808 bits per heavy atom. The Bertz CT molecular complexity index is 875. The lowest BCUT2D eigenvalue weighted by atomic mass is 9.87. The molecule has 134 valence electrons. The van der Waals surface area contributed by atoms with Crippen LogP contribution in [0.2, 0.25) is 0 Å². The van der Waals surface area contributed by atoms with E-state index in [0.29, 0.717) is 11.8 Å². The number of anilines is 4. The first kappa shape index (κ1) is 17.9. The van der Waals surface area contributed by atoms with Crippen LogP contribution in [0.1, 0.15) is 37.5 Å². The zero-order valence-corrected chi connectivity index (χ0v) is 16.0. The van der Waals surface area contributed by atoms with Gasteiger partial charge < -0.3 is 10.6 Å². The number of hydrogen-bond acceptors (Lipinski definition) is 5. The van der Waals surface area contributed by atoms with Crippen molar-refractivity contribution in [2.75, 3.05) is 10.6 Å². The molecule has 3 aromatic rings. The minimum absolute atomic E-state index is 0.137. The van der Waals surface area contributed by atoms with E-state index in [1.165, 1.54) is 16.7 Å². The third kappa shape index (κ3) is 4.57. The van der Waals surface area contributed by atoms with Crippen molar-refractivity contribution in [3.05, 3.63) is 65.4 Å². The quantitative estimate of drug-likeness (QED) is 0.673. The number of aryl methyl sites for hydroxylation is 2. The van der Waals surface area contributed by atoms with Crippen LogP contribution in [0.25, 0.3) is 0 Å². The molecular weight excluding hydrogens is 322 g/mol. The second-order valence-electron chi connectivity index (χ2n) is 7.62. The Morgan fingerprint density at radius 2 is 1.46 bits per heavy atom. The van der Waals surface area contributed by atoms with E-state index in [1.807, 2.05) is 0 Å². The van der Waals surface area contributed by atoms with Gasteiger partial charge in [-0.05, 0) is 60.2 Å². The average Bonchev–Trinajstić information content (AvgIpc) is 2.54. The number of hydrogen-bond donors (Lipinski definition) is 2. The smallest absolute Gasteiger partial charge is 0.249 e. The second kappa shape index (κ2) is 7.12. The molecular formula is C21H25N5. The first-order chi connectivity index (χ1) is 12.3. The van der Waals surface area contributed by atoms with E-state index in [-0.39, 0.29) is 5.41 Å². The van der Waals surface area contributed by atoms with Crippen LogP contribution in [-0.4, -0.2) is 15.2 Å². The largest absolute Gasteiger partial charge is 0.339 e. The third-order valence-corrected chi connectivity index (χ3v) is 4.06. The first-order valence-electron chi connectivity index (χ1n) is 8.72.